The SMILES string of the molecule is O=C(O)c1cccnc1CN1CCN(C(c2ccc(F)cc2)c2ccc(F)cc2)CC1. The molecule has 1 fully saturated rings. The van der Waals surface area contributed by atoms with Gasteiger partial charge in [-0.1, -0.05) is 24.3 Å². The van der Waals surface area contributed by atoms with E-state index >= 15 is 0 Å². The Morgan fingerprint density at radius 2 is 1.45 bits per heavy atom. The quantitative estimate of drug-likeness (QED) is 0.650. The zero-order valence-electron chi connectivity index (χ0n) is 16.9. The van der Waals surface area contributed by atoms with Crippen molar-refractivity contribution in [2.24, 2.45) is 0 Å². The van der Waals surface area contributed by atoms with Crippen molar-refractivity contribution in [3.05, 3.63) is 101 Å². The lowest BCUT2D eigenvalue weighted by Gasteiger charge is -2.39. The summed E-state index contributed by atoms with van der Waals surface area (Å²) in [6, 6.07) is 15.9. The van der Waals surface area contributed by atoms with Gasteiger partial charge in [-0.15, -0.1) is 0 Å². The molecule has 0 saturated carbocycles. The number of benzene rings is 2. The number of pyridine rings is 1. The summed E-state index contributed by atoms with van der Waals surface area (Å²) in [6.45, 7) is 3.39. The monoisotopic (exact) mass is 423 g/mol. The van der Waals surface area contributed by atoms with Crippen LogP contribution in [-0.2, 0) is 6.54 Å². The zero-order valence-corrected chi connectivity index (χ0v) is 16.9. The summed E-state index contributed by atoms with van der Waals surface area (Å²) in [6.07, 6.45) is 1.61. The van der Waals surface area contributed by atoms with Crippen LogP contribution in [0.5, 0.6) is 0 Å². The number of aromatic nitrogens is 1. The Morgan fingerprint density at radius 1 is 0.903 bits per heavy atom. The lowest BCUT2D eigenvalue weighted by atomic mass is 9.96. The Bertz CT molecular complexity index is 988. The predicted octanol–water partition coefficient (Wildman–Crippen LogP) is 3.97. The van der Waals surface area contributed by atoms with Crippen LogP contribution in [0.4, 0.5) is 8.78 Å². The fourth-order valence-corrected chi connectivity index (χ4v) is 4.05. The first-order valence-electron chi connectivity index (χ1n) is 10.2. The van der Waals surface area contributed by atoms with Gasteiger partial charge in [-0.25, -0.2) is 13.6 Å². The van der Waals surface area contributed by atoms with Crippen LogP contribution >= 0.6 is 0 Å². The number of carboxylic acid groups (broad SMARTS) is 1. The second kappa shape index (κ2) is 9.32. The first-order chi connectivity index (χ1) is 15.0. The molecule has 160 valence electrons. The van der Waals surface area contributed by atoms with Crippen LogP contribution in [0.3, 0.4) is 0 Å². The van der Waals surface area contributed by atoms with Gasteiger partial charge < -0.3 is 5.11 Å². The molecule has 1 aliphatic heterocycles. The molecular weight excluding hydrogens is 400 g/mol. The van der Waals surface area contributed by atoms with Gasteiger partial charge in [0.25, 0.3) is 0 Å². The summed E-state index contributed by atoms with van der Waals surface area (Å²) in [5, 5.41) is 9.38. The maximum absolute atomic E-state index is 13.5. The van der Waals surface area contributed by atoms with Gasteiger partial charge in [-0.2, -0.15) is 0 Å². The predicted molar refractivity (Wildman–Crippen MR) is 113 cm³/mol. The molecule has 0 bridgehead atoms. The summed E-state index contributed by atoms with van der Waals surface area (Å²) < 4.78 is 27.0. The summed E-state index contributed by atoms with van der Waals surface area (Å²) in [4.78, 5) is 20.2. The number of hydrogen-bond donors (Lipinski definition) is 1. The molecule has 0 atom stereocenters. The Balaban J connectivity index is 1.51. The second-order valence-corrected chi connectivity index (χ2v) is 7.62. The van der Waals surface area contributed by atoms with Gasteiger partial charge in [0.1, 0.15) is 11.6 Å². The first kappa shape index (κ1) is 21.1. The van der Waals surface area contributed by atoms with Gasteiger partial charge >= 0.3 is 5.97 Å². The minimum Gasteiger partial charge on any atom is -0.478 e. The maximum Gasteiger partial charge on any atom is 0.337 e. The number of carboxylic acids is 1. The molecule has 2 aromatic carbocycles. The smallest absolute Gasteiger partial charge is 0.337 e. The molecule has 1 aromatic heterocycles. The third kappa shape index (κ3) is 4.95. The molecule has 1 saturated heterocycles. The summed E-state index contributed by atoms with van der Waals surface area (Å²) in [5.74, 6) is -1.57. The molecule has 1 N–H and O–H groups in total. The zero-order chi connectivity index (χ0) is 21.8. The van der Waals surface area contributed by atoms with Crippen LogP contribution in [0.2, 0.25) is 0 Å². The summed E-state index contributed by atoms with van der Waals surface area (Å²) in [7, 11) is 0. The van der Waals surface area contributed by atoms with Crippen molar-refractivity contribution in [3.63, 3.8) is 0 Å². The summed E-state index contributed by atoms with van der Waals surface area (Å²) in [5.41, 5.74) is 2.66. The number of hydrogen-bond acceptors (Lipinski definition) is 4. The molecule has 0 radical (unpaired) electrons. The average Bonchev–Trinajstić information content (AvgIpc) is 2.78. The molecule has 2 heterocycles. The van der Waals surface area contributed by atoms with Crippen LogP contribution in [0.25, 0.3) is 0 Å². The van der Waals surface area contributed by atoms with E-state index in [1.807, 2.05) is 0 Å². The topological polar surface area (TPSA) is 56.7 Å². The van der Waals surface area contributed by atoms with E-state index < -0.39 is 5.97 Å². The lowest BCUT2D eigenvalue weighted by molar-refractivity contribution is 0.0690. The fraction of sp³-hybridized carbons (Fsp3) is 0.250. The minimum atomic E-state index is -0.977. The van der Waals surface area contributed by atoms with Crippen molar-refractivity contribution in [2.45, 2.75) is 12.6 Å². The van der Waals surface area contributed by atoms with Gasteiger partial charge in [0.05, 0.1) is 17.3 Å². The average molecular weight is 423 g/mol. The Kier molecular flexibility index (Phi) is 6.34. The van der Waals surface area contributed by atoms with Gasteiger partial charge in [0.2, 0.25) is 0 Å². The minimum absolute atomic E-state index is 0.118. The highest BCUT2D eigenvalue weighted by molar-refractivity contribution is 5.88. The van der Waals surface area contributed by atoms with E-state index in [0.29, 0.717) is 12.2 Å². The molecule has 0 aliphatic carbocycles. The number of nitrogens with zero attached hydrogens (tertiary/aromatic N) is 3. The molecule has 1 aliphatic rings. The highest BCUT2D eigenvalue weighted by Gasteiger charge is 2.27. The number of halogens is 2. The van der Waals surface area contributed by atoms with Crippen molar-refractivity contribution in [3.8, 4) is 0 Å². The molecular formula is C24H23F2N3O2. The van der Waals surface area contributed by atoms with E-state index in [0.717, 1.165) is 37.3 Å². The summed E-state index contributed by atoms with van der Waals surface area (Å²) >= 11 is 0. The van der Waals surface area contributed by atoms with Crippen LogP contribution in [0.1, 0.15) is 33.2 Å². The molecule has 31 heavy (non-hydrogen) atoms. The van der Waals surface area contributed by atoms with Gasteiger partial charge in [-0.05, 0) is 47.5 Å². The number of piperazine rings is 1. The van der Waals surface area contributed by atoms with Crippen LogP contribution in [0, 0.1) is 11.6 Å². The lowest BCUT2D eigenvalue weighted by Crippen LogP contribution is -2.47. The molecule has 4 rings (SSSR count). The van der Waals surface area contributed by atoms with Gasteiger partial charge in [-0.3, -0.25) is 14.8 Å². The van der Waals surface area contributed by atoms with Crippen LogP contribution < -0.4 is 0 Å². The Hall–Kier alpha value is -3.16. The Labute approximate surface area is 179 Å². The van der Waals surface area contributed by atoms with E-state index in [-0.39, 0.29) is 23.2 Å². The number of carbonyl (C=O) groups is 1. The fourth-order valence-electron chi connectivity index (χ4n) is 4.05. The highest BCUT2D eigenvalue weighted by Crippen LogP contribution is 2.30. The molecule has 0 unspecified atom stereocenters. The van der Waals surface area contributed by atoms with E-state index in [9.17, 15) is 18.7 Å². The third-order valence-electron chi connectivity index (χ3n) is 5.64. The van der Waals surface area contributed by atoms with E-state index in [2.05, 4.69) is 14.8 Å². The molecule has 5 nitrogen and oxygen atoms in total. The molecule has 0 spiro atoms. The van der Waals surface area contributed by atoms with Crippen molar-refractivity contribution < 1.29 is 18.7 Å². The number of rotatable bonds is 6. The van der Waals surface area contributed by atoms with E-state index in [1.165, 1.54) is 24.3 Å². The molecule has 0 amide bonds. The van der Waals surface area contributed by atoms with Gasteiger partial charge in [0, 0.05) is 38.9 Å². The van der Waals surface area contributed by atoms with E-state index in [1.54, 1.807) is 42.6 Å². The second-order valence-electron chi connectivity index (χ2n) is 7.62. The third-order valence-corrected chi connectivity index (χ3v) is 5.64. The van der Waals surface area contributed by atoms with Crippen LogP contribution in [-0.4, -0.2) is 52.0 Å². The van der Waals surface area contributed by atoms with Crippen molar-refractivity contribution in [2.75, 3.05) is 26.2 Å². The Morgan fingerprint density at radius 3 is 1.97 bits per heavy atom. The number of aromatic carboxylic acids is 1. The maximum atomic E-state index is 13.5. The van der Waals surface area contributed by atoms with Crippen LogP contribution in [0.15, 0.2) is 66.9 Å². The van der Waals surface area contributed by atoms with Crippen molar-refractivity contribution in [1.29, 1.82) is 0 Å². The largest absolute Gasteiger partial charge is 0.478 e. The van der Waals surface area contributed by atoms with E-state index in [4.69, 9.17) is 0 Å². The standard InChI is InChI=1S/C24H23F2N3O2/c25-19-7-3-17(4-8-19)23(18-5-9-20(26)10-6-18)29-14-12-28(13-15-29)16-22-21(24(30)31)2-1-11-27-22/h1-11,23H,12-16H2,(H,30,31). The van der Waals surface area contributed by atoms with Gasteiger partial charge in [0.15, 0.2) is 0 Å². The van der Waals surface area contributed by atoms with Crippen molar-refractivity contribution in [1.82, 2.24) is 14.8 Å². The van der Waals surface area contributed by atoms with Crippen molar-refractivity contribution >= 4 is 5.97 Å². The molecule has 3 aromatic rings. The normalized spacial score (nSPS) is 15.3. The molecule has 7 heteroatoms. The first-order valence-corrected chi connectivity index (χ1v) is 10.2. The highest BCUT2D eigenvalue weighted by atomic mass is 19.1.